The molecule has 144 valence electrons. The number of aryl methyl sites for hydroxylation is 2. The summed E-state index contributed by atoms with van der Waals surface area (Å²) in [7, 11) is 0. The van der Waals surface area contributed by atoms with E-state index in [1.807, 2.05) is 32.0 Å². The summed E-state index contributed by atoms with van der Waals surface area (Å²) >= 11 is 0. The Morgan fingerprint density at radius 2 is 1.93 bits per heavy atom. The van der Waals surface area contributed by atoms with Crippen LogP contribution < -0.4 is 5.32 Å². The maximum Gasteiger partial charge on any atom is 0.290 e. The Balaban J connectivity index is 1.62. The fourth-order valence-electron chi connectivity index (χ4n) is 3.83. The molecule has 2 saturated heterocycles. The van der Waals surface area contributed by atoms with Crippen molar-refractivity contribution in [3.8, 4) is 0 Å². The Morgan fingerprint density at radius 3 is 2.70 bits per heavy atom. The van der Waals surface area contributed by atoms with Gasteiger partial charge in [0.25, 0.3) is 5.91 Å². The molecule has 1 atom stereocenters. The molecule has 0 unspecified atom stereocenters. The Bertz CT molecular complexity index is 869. The lowest BCUT2D eigenvalue weighted by Gasteiger charge is -2.38. The van der Waals surface area contributed by atoms with Crippen LogP contribution in [0.5, 0.6) is 0 Å². The number of benzene rings is 1. The lowest BCUT2D eigenvalue weighted by Crippen LogP contribution is -2.61. The molecule has 0 aliphatic carbocycles. The Kier molecular flexibility index (Phi) is 4.88. The van der Waals surface area contributed by atoms with E-state index in [-0.39, 0.29) is 11.8 Å². The van der Waals surface area contributed by atoms with Crippen LogP contribution in [0.1, 0.15) is 21.7 Å². The minimum atomic E-state index is -0.515. The number of morpholine rings is 1. The smallest absolute Gasteiger partial charge is 0.290 e. The third kappa shape index (κ3) is 3.33. The van der Waals surface area contributed by atoms with Crippen molar-refractivity contribution in [2.75, 3.05) is 45.9 Å². The molecule has 4 rings (SSSR count). The molecule has 0 radical (unpaired) electrons. The van der Waals surface area contributed by atoms with Crippen molar-refractivity contribution in [3.05, 3.63) is 35.1 Å². The number of nitrogens with zero attached hydrogens (tertiary/aromatic N) is 2. The Morgan fingerprint density at radius 1 is 1.15 bits per heavy atom. The molecule has 1 N–H and O–H groups in total. The van der Waals surface area contributed by atoms with E-state index >= 15 is 0 Å². The van der Waals surface area contributed by atoms with E-state index in [9.17, 15) is 9.59 Å². The Hall–Kier alpha value is -2.38. The first-order valence-corrected chi connectivity index (χ1v) is 9.44. The van der Waals surface area contributed by atoms with Crippen molar-refractivity contribution >= 4 is 22.8 Å². The first kappa shape index (κ1) is 18.0. The van der Waals surface area contributed by atoms with Gasteiger partial charge in [-0.1, -0.05) is 12.1 Å². The van der Waals surface area contributed by atoms with Gasteiger partial charge in [-0.25, -0.2) is 0 Å². The lowest BCUT2D eigenvalue weighted by molar-refractivity contribution is -0.140. The molecule has 2 aliphatic heterocycles. The van der Waals surface area contributed by atoms with Crippen molar-refractivity contribution in [1.29, 1.82) is 0 Å². The quantitative estimate of drug-likeness (QED) is 0.862. The molecule has 2 aliphatic rings. The first-order valence-electron chi connectivity index (χ1n) is 9.44. The summed E-state index contributed by atoms with van der Waals surface area (Å²) in [5, 5.41) is 4.18. The molecular formula is C20H25N3O4. The number of fused-ring (bicyclic) bond motifs is 1. The van der Waals surface area contributed by atoms with Gasteiger partial charge in [0.2, 0.25) is 5.91 Å². The molecule has 7 nitrogen and oxygen atoms in total. The maximum absolute atomic E-state index is 13.3. The van der Waals surface area contributed by atoms with Crippen molar-refractivity contribution in [2.45, 2.75) is 19.9 Å². The zero-order valence-corrected chi connectivity index (χ0v) is 15.8. The third-order valence-corrected chi connectivity index (χ3v) is 5.40. The molecule has 7 heteroatoms. The number of hydrogen-bond donors (Lipinski definition) is 1. The monoisotopic (exact) mass is 371 g/mol. The van der Waals surface area contributed by atoms with Crippen LogP contribution in [0.15, 0.2) is 22.6 Å². The van der Waals surface area contributed by atoms with Crippen LogP contribution in [-0.2, 0) is 9.53 Å². The van der Waals surface area contributed by atoms with Crippen LogP contribution in [0.2, 0.25) is 0 Å². The number of nitrogens with one attached hydrogen (secondary N) is 1. The van der Waals surface area contributed by atoms with Gasteiger partial charge in [0.15, 0.2) is 5.76 Å². The predicted octanol–water partition coefficient (Wildman–Crippen LogP) is 1.32. The molecule has 0 bridgehead atoms. The number of hydrogen-bond acceptors (Lipinski definition) is 5. The van der Waals surface area contributed by atoms with E-state index in [1.165, 1.54) is 0 Å². The number of furan rings is 1. The largest absolute Gasteiger partial charge is 0.451 e. The van der Waals surface area contributed by atoms with Crippen LogP contribution in [0.4, 0.5) is 0 Å². The minimum Gasteiger partial charge on any atom is -0.451 e. The van der Waals surface area contributed by atoms with E-state index in [1.54, 1.807) is 9.80 Å². The highest BCUT2D eigenvalue weighted by molar-refractivity contribution is 6.01. The van der Waals surface area contributed by atoms with Crippen LogP contribution in [0.25, 0.3) is 11.0 Å². The van der Waals surface area contributed by atoms with Gasteiger partial charge in [0.05, 0.1) is 13.2 Å². The topological polar surface area (TPSA) is 75.0 Å². The first-order chi connectivity index (χ1) is 13.1. The van der Waals surface area contributed by atoms with E-state index in [0.717, 1.165) is 16.5 Å². The standard InChI is InChI=1S/C20H25N3O4/c1-13-3-4-15-14(2)18(27-17(15)11-13)20(25)23-6-5-21-12-16(23)19(24)22-7-9-26-10-8-22/h3-4,11,16,21H,5-10,12H2,1-2H3/t16-/m1/s1. The molecule has 27 heavy (non-hydrogen) atoms. The number of amides is 2. The van der Waals surface area contributed by atoms with Gasteiger partial charge >= 0.3 is 0 Å². The second kappa shape index (κ2) is 7.32. The molecule has 1 aromatic carbocycles. The summed E-state index contributed by atoms with van der Waals surface area (Å²) in [6, 6.07) is 5.41. The van der Waals surface area contributed by atoms with E-state index in [4.69, 9.17) is 9.15 Å². The second-order valence-corrected chi connectivity index (χ2v) is 7.21. The summed E-state index contributed by atoms with van der Waals surface area (Å²) in [6.07, 6.45) is 0. The predicted molar refractivity (Wildman–Crippen MR) is 101 cm³/mol. The van der Waals surface area contributed by atoms with Crippen molar-refractivity contribution in [2.24, 2.45) is 0 Å². The van der Waals surface area contributed by atoms with Crippen molar-refractivity contribution < 1.29 is 18.7 Å². The third-order valence-electron chi connectivity index (χ3n) is 5.40. The molecule has 1 aromatic heterocycles. The molecule has 0 spiro atoms. The van der Waals surface area contributed by atoms with E-state index in [2.05, 4.69) is 5.32 Å². The summed E-state index contributed by atoms with van der Waals surface area (Å²) in [5.41, 5.74) is 2.62. The minimum absolute atomic E-state index is 0.0246. The van der Waals surface area contributed by atoms with Gasteiger partial charge in [0, 0.05) is 43.7 Å². The fraction of sp³-hybridized carbons (Fsp3) is 0.500. The zero-order valence-electron chi connectivity index (χ0n) is 15.8. The van der Waals surface area contributed by atoms with Crippen LogP contribution in [-0.4, -0.2) is 73.6 Å². The van der Waals surface area contributed by atoms with Gasteiger partial charge in [-0.2, -0.15) is 0 Å². The summed E-state index contributed by atoms with van der Waals surface area (Å²) in [5.74, 6) is 0.0928. The van der Waals surface area contributed by atoms with Gasteiger partial charge in [-0.05, 0) is 25.5 Å². The van der Waals surface area contributed by atoms with Crippen LogP contribution in [0, 0.1) is 13.8 Å². The zero-order chi connectivity index (χ0) is 19.0. The normalized spacial score (nSPS) is 20.9. The average Bonchev–Trinajstić information content (AvgIpc) is 3.03. The van der Waals surface area contributed by atoms with Crippen molar-refractivity contribution in [3.63, 3.8) is 0 Å². The van der Waals surface area contributed by atoms with Crippen LogP contribution >= 0.6 is 0 Å². The van der Waals surface area contributed by atoms with Gasteiger partial charge < -0.3 is 24.3 Å². The fourth-order valence-corrected chi connectivity index (χ4v) is 3.83. The molecule has 2 amide bonds. The number of rotatable bonds is 2. The van der Waals surface area contributed by atoms with Gasteiger partial charge in [-0.3, -0.25) is 9.59 Å². The number of piperazine rings is 1. The number of carbonyl (C=O) groups excluding carboxylic acids is 2. The summed E-state index contributed by atoms with van der Waals surface area (Å²) in [4.78, 5) is 29.7. The van der Waals surface area contributed by atoms with Crippen LogP contribution in [0.3, 0.4) is 0 Å². The Labute approximate surface area is 158 Å². The maximum atomic E-state index is 13.3. The number of carbonyl (C=O) groups is 2. The summed E-state index contributed by atoms with van der Waals surface area (Å²) < 4.78 is 11.2. The lowest BCUT2D eigenvalue weighted by atomic mass is 10.1. The molecule has 2 aromatic rings. The van der Waals surface area contributed by atoms with Gasteiger partial charge in [0.1, 0.15) is 11.6 Å². The van der Waals surface area contributed by atoms with Gasteiger partial charge in [-0.15, -0.1) is 0 Å². The molecule has 2 fully saturated rings. The summed E-state index contributed by atoms with van der Waals surface area (Å²) in [6.45, 7) is 7.72. The molecule has 0 saturated carbocycles. The highest BCUT2D eigenvalue weighted by Gasteiger charge is 2.37. The highest BCUT2D eigenvalue weighted by Crippen LogP contribution is 2.28. The second-order valence-electron chi connectivity index (χ2n) is 7.21. The van der Waals surface area contributed by atoms with E-state index < -0.39 is 6.04 Å². The number of ether oxygens (including phenoxy) is 1. The highest BCUT2D eigenvalue weighted by atomic mass is 16.5. The molecular weight excluding hydrogens is 346 g/mol. The van der Waals surface area contributed by atoms with Crippen molar-refractivity contribution in [1.82, 2.24) is 15.1 Å². The van der Waals surface area contributed by atoms with E-state index in [0.29, 0.717) is 57.3 Å². The molecule has 3 heterocycles. The average molecular weight is 371 g/mol. The SMILES string of the molecule is Cc1ccc2c(C)c(C(=O)N3CCNC[C@@H]3C(=O)N3CCOCC3)oc2c1.